The lowest BCUT2D eigenvalue weighted by Gasteiger charge is -2.25. The van der Waals surface area contributed by atoms with Crippen molar-refractivity contribution in [2.75, 3.05) is 11.6 Å². The van der Waals surface area contributed by atoms with Gasteiger partial charge in [-0.15, -0.1) is 0 Å². The van der Waals surface area contributed by atoms with Crippen molar-refractivity contribution in [3.8, 4) is 0 Å². The Morgan fingerprint density at radius 1 is 1.42 bits per heavy atom. The molecule has 0 bridgehead atoms. The second-order valence-electron chi connectivity index (χ2n) is 2.73. The van der Waals surface area contributed by atoms with Crippen molar-refractivity contribution in [1.29, 1.82) is 0 Å². The van der Waals surface area contributed by atoms with Gasteiger partial charge in [0.15, 0.2) is 0 Å². The SMILES string of the molecule is O=[C]N1CNCc2ccccc21. The Morgan fingerprint density at radius 2 is 2.25 bits per heavy atom. The fourth-order valence-corrected chi connectivity index (χ4v) is 1.39. The minimum atomic E-state index is 0.556. The van der Waals surface area contributed by atoms with E-state index in [0.717, 1.165) is 17.8 Å². The van der Waals surface area contributed by atoms with E-state index in [2.05, 4.69) is 5.32 Å². The van der Waals surface area contributed by atoms with E-state index in [1.54, 1.807) is 4.90 Å². The Bertz CT molecular complexity index is 298. The number of hydrogen-bond acceptors (Lipinski definition) is 2. The standard InChI is InChI=1S/C9H9N2O/c12-7-11-6-10-5-8-3-1-2-4-9(8)11/h1-4,10H,5-6H2. The van der Waals surface area contributed by atoms with Crippen LogP contribution in [0.1, 0.15) is 5.56 Å². The third-order valence-corrected chi connectivity index (χ3v) is 1.98. The van der Waals surface area contributed by atoms with Gasteiger partial charge in [-0.05, 0) is 11.6 Å². The Hall–Kier alpha value is -1.35. The van der Waals surface area contributed by atoms with Gasteiger partial charge in [0.2, 0.25) is 0 Å². The molecule has 3 heteroatoms. The van der Waals surface area contributed by atoms with Crippen LogP contribution in [0, 0.1) is 0 Å². The van der Waals surface area contributed by atoms with Crippen molar-refractivity contribution in [1.82, 2.24) is 5.32 Å². The largest absolute Gasteiger partial charge is 0.318 e. The smallest absolute Gasteiger partial charge is 0.295 e. The first-order valence-corrected chi connectivity index (χ1v) is 3.86. The normalized spacial score (nSPS) is 15.5. The maximum absolute atomic E-state index is 10.5. The molecule has 0 saturated carbocycles. The molecular formula is C9H9N2O. The minimum absolute atomic E-state index is 0.556. The van der Waals surface area contributed by atoms with E-state index in [9.17, 15) is 4.79 Å². The molecule has 61 valence electrons. The third-order valence-electron chi connectivity index (χ3n) is 1.98. The zero-order valence-corrected chi connectivity index (χ0v) is 6.58. The highest BCUT2D eigenvalue weighted by atomic mass is 16.1. The quantitative estimate of drug-likeness (QED) is 0.655. The number of benzene rings is 1. The van der Waals surface area contributed by atoms with Gasteiger partial charge < -0.3 is 0 Å². The van der Waals surface area contributed by atoms with Gasteiger partial charge in [0.25, 0.3) is 0 Å². The van der Waals surface area contributed by atoms with Gasteiger partial charge in [-0.1, -0.05) is 18.2 Å². The Balaban J connectivity index is 2.43. The number of nitrogens with one attached hydrogen (secondary N) is 1. The molecular weight excluding hydrogens is 152 g/mol. The highest BCUT2D eigenvalue weighted by Gasteiger charge is 2.14. The first kappa shape index (κ1) is 7.31. The molecule has 1 radical (unpaired) electrons. The average molecular weight is 161 g/mol. The second-order valence-corrected chi connectivity index (χ2v) is 2.73. The first-order chi connectivity index (χ1) is 5.92. The summed E-state index contributed by atoms with van der Waals surface area (Å²) in [6.07, 6.45) is 1.88. The van der Waals surface area contributed by atoms with Crippen LogP contribution in [0.15, 0.2) is 24.3 Å². The number of anilines is 1. The van der Waals surface area contributed by atoms with Crippen molar-refractivity contribution < 1.29 is 4.79 Å². The van der Waals surface area contributed by atoms with E-state index in [0.29, 0.717) is 6.67 Å². The highest BCUT2D eigenvalue weighted by molar-refractivity contribution is 5.78. The lowest BCUT2D eigenvalue weighted by atomic mass is 10.1. The van der Waals surface area contributed by atoms with E-state index in [4.69, 9.17) is 0 Å². The molecule has 1 heterocycles. The molecule has 1 aliphatic rings. The number of carbonyl (C=O) groups excluding carboxylic acids is 1. The third kappa shape index (κ3) is 1.08. The zero-order valence-electron chi connectivity index (χ0n) is 6.58. The molecule has 0 aromatic heterocycles. The van der Waals surface area contributed by atoms with Crippen LogP contribution in [-0.4, -0.2) is 13.1 Å². The zero-order chi connectivity index (χ0) is 8.39. The molecule has 0 atom stereocenters. The summed E-state index contributed by atoms with van der Waals surface area (Å²) in [7, 11) is 0. The average Bonchev–Trinajstić information content (AvgIpc) is 2.17. The summed E-state index contributed by atoms with van der Waals surface area (Å²) >= 11 is 0. The molecule has 0 spiro atoms. The van der Waals surface area contributed by atoms with E-state index >= 15 is 0 Å². The summed E-state index contributed by atoms with van der Waals surface area (Å²) in [6, 6.07) is 7.83. The summed E-state index contributed by atoms with van der Waals surface area (Å²) in [5.74, 6) is 0. The molecule has 12 heavy (non-hydrogen) atoms. The van der Waals surface area contributed by atoms with Crippen LogP contribution in [0.4, 0.5) is 5.69 Å². The second kappa shape index (κ2) is 2.95. The van der Waals surface area contributed by atoms with Crippen LogP contribution < -0.4 is 10.2 Å². The van der Waals surface area contributed by atoms with Gasteiger partial charge in [-0.3, -0.25) is 15.0 Å². The fourth-order valence-electron chi connectivity index (χ4n) is 1.39. The molecule has 1 N–H and O–H groups in total. The van der Waals surface area contributed by atoms with Crippen LogP contribution in [0.2, 0.25) is 0 Å². The lowest BCUT2D eigenvalue weighted by Crippen LogP contribution is -2.37. The lowest BCUT2D eigenvalue weighted by molar-refractivity contribution is 0.542. The number of hydrogen-bond donors (Lipinski definition) is 1. The van der Waals surface area contributed by atoms with Crippen LogP contribution in [0.3, 0.4) is 0 Å². The highest BCUT2D eigenvalue weighted by Crippen LogP contribution is 2.21. The number of fused-ring (bicyclic) bond motifs is 1. The number of rotatable bonds is 1. The maximum Gasteiger partial charge on any atom is 0.318 e. The minimum Gasteiger partial charge on any atom is -0.295 e. The summed E-state index contributed by atoms with van der Waals surface area (Å²) in [6.45, 7) is 1.38. The predicted octanol–water partition coefficient (Wildman–Crippen LogP) is 0.621. The molecule has 1 amide bonds. The van der Waals surface area contributed by atoms with Crippen LogP contribution in [-0.2, 0) is 11.3 Å². The van der Waals surface area contributed by atoms with Gasteiger partial charge >= 0.3 is 6.41 Å². The fraction of sp³-hybridized carbons (Fsp3) is 0.222. The Labute approximate surface area is 71.0 Å². The van der Waals surface area contributed by atoms with E-state index in [1.165, 1.54) is 0 Å². The molecule has 0 unspecified atom stereocenters. The van der Waals surface area contributed by atoms with Gasteiger partial charge in [0, 0.05) is 12.2 Å². The summed E-state index contributed by atoms with van der Waals surface area (Å²) < 4.78 is 0. The van der Waals surface area contributed by atoms with Crippen molar-refractivity contribution in [2.24, 2.45) is 0 Å². The topological polar surface area (TPSA) is 32.3 Å². The van der Waals surface area contributed by atoms with Crippen molar-refractivity contribution in [2.45, 2.75) is 6.54 Å². The molecule has 1 aromatic rings. The molecule has 1 aliphatic heterocycles. The summed E-state index contributed by atoms with van der Waals surface area (Å²) in [5, 5.41) is 3.11. The molecule has 1 aromatic carbocycles. The number of nitrogens with zero attached hydrogens (tertiary/aromatic N) is 1. The molecule has 0 aliphatic carbocycles. The molecule has 0 fully saturated rings. The van der Waals surface area contributed by atoms with Crippen molar-refractivity contribution >= 4 is 12.1 Å². The van der Waals surface area contributed by atoms with E-state index in [-0.39, 0.29) is 0 Å². The van der Waals surface area contributed by atoms with Gasteiger partial charge in [-0.25, -0.2) is 0 Å². The summed E-state index contributed by atoms with van der Waals surface area (Å²) in [5.41, 5.74) is 2.11. The van der Waals surface area contributed by atoms with E-state index < -0.39 is 0 Å². The van der Waals surface area contributed by atoms with Crippen molar-refractivity contribution in [3.63, 3.8) is 0 Å². The summed E-state index contributed by atoms with van der Waals surface area (Å²) in [4.78, 5) is 12.0. The van der Waals surface area contributed by atoms with Crippen molar-refractivity contribution in [3.05, 3.63) is 29.8 Å². The van der Waals surface area contributed by atoms with E-state index in [1.807, 2.05) is 30.7 Å². The van der Waals surface area contributed by atoms with Gasteiger partial charge in [-0.2, -0.15) is 0 Å². The Morgan fingerprint density at radius 3 is 3.08 bits per heavy atom. The van der Waals surface area contributed by atoms with Crippen LogP contribution in [0.25, 0.3) is 0 Å². The molecule has 2 rings (SSSR count). The number of para-hydroxylation sites is 1. The van der Waals surface area contributed by atoms with Crippen LogP contribution >= 0.6 is 0 Å². The van der Waals surface area contributed by atoms with Crippen LogP contribution in [0.5, 0.6) is 0 Å². The number of amides is 1. The van der Waals surface area contributed by atoms with Gasteiger partial charge in [0.05, 0.1) is 6.67 Å². The van der Waals surface area contributed by atoms with Gasteiger partial charge in [0.1, 0.15) is 0 Å². The molecule has 0 saturated heterocycles. The first-order valence-electron chi connectivity index (χ1n) is 3.86. The monoisotopic (exact) mass is 161 g/mol. The molecule has 3 nitrogen and oxygen atoms in total. The predicted molar refractivity (Wildman–Crippen MR) is 46.3 cm³/mol. The Kier molecular flexibility index (Phi) is 1.80. The maximum atomic E-state index is 10.5.